The number of hydrogen-bond donors (Lipinski definition) is 2. The number of nitrogens with one attached hydrogen (secondary N) is 1. The van der Waals surface area contributed by atoms with Gasteiger partial charge in [-0.25, -0.2) is 26.9 Å². The fourth-order valence-corrected chi connectivity index (χ4v) is 4.31. The van der Waals surface area contributed by atoms with Crippen molar-refractivity contribution in [3.63, 3.8) is 0 Å². The second kappa shape index (κ2) is 7.04. The highest BCUT2D eigenvalue weighted by molar-refractivity contribution is 7.75. The standard InChI is InChI=1S/C16H14F5N5O2S/c17-9-6-26(14(18)19)24-13(9)29(28)25-15(27)23-12-7-2-1-3-10(7)22-11-5-16(20,21)4-8(11)12/h6,14,29H,1-5H2,(H,22,23,27). The van der Waals surface area contributed by atoms with E-state index in [0.717, 1.165) is 6.42 Å². The number of anilines is 1. The van der Waals surface area contributed by atoms with Crippen LogP contribution in [0.3, 0.4) is 0 Å². The van der Waals surface area contributed by atoms with Crippen molar-refractivity contribution < 1.29 is 31.0 Å². The third-order valence-corrected chi connectivity index (χ3v) is 5.76. The SMILES string of the molecule is O=C(/N=[SH](=O)/c1nn(C(F)F)cc1F)Nc1c2c(nc3c1CC(F)(F)C3)CCC2. The van der Waals surface area contributed by atoms with E-state index in [9.17, 15) is 31.0 Å². The van der Waals surface area contributed by atoms with Gasteiger partial charge in [0.05, 0.1) is 34.6 Å². The molecule has 0 radical (unpaired) electrons. The Morgan fingerprint density at radius 3 is 2.69 bits per heavy atom. The van der Waals surface area contributed by atoms with Gasteiger partial charge in [0.25, 0.3) is 5.92 Å². The zero-order valence-electron chi connectivity index (χ0n) is 14.6. The highest BCUT2D eigenvalue weighted by Gasteiger charge is 2.41. The summed E-state index contributed by atoms with van der Waals surface area (Å²) < 4.78 is 81.8. The van der Waals surface area contributed by atoms with Crippen LogP contribution in [0.25, 0.3) is 0 Å². The molecule has 2 heterocycles. The number of pyridine rings is 1. The number of carbonyl (C=O) groups excluding carboxylic acids is 1. The molecule has 0 aromatic carbocycles. The predicted molar refractivity (Wildman–Crippen MR) is 91.3 cm³/mol. The molecule has 0 aliphatic heterocycles. The monoisotopic (exact) mass is 435 g/mol. The number of alkyl halides is 4. The van der Waals surface area contributed by atoms with E-state index in [0.29, 0.717) is 30.3 Å². The number of urea groups is 1. The summed E-state index contributed by atoms with van der Waals surface area (Å²) in [4.78, 5) is 16.5. The number of amides is 2. The van der Waals surface area contributed by atoms with Crippen LogP contribution >= 0.6 is 0 Å². The first kappa shape index (κ1) is 19.7. The second-order valence-electron chi connectivity index (χ2n) is 6.76. The molecule has 2 amide bonds. The number of fused-ring (bicyclic) bond motifs is 2. The van der Waals surface area contributed by atoms with Crippen LogP contribution in [0.5, 0.6) is 0 Å². The maximum absolute atomic E-state index is 13.8. The Hall–Kier alpha value is -2.57. The number of hydrogen-bond acceptors (Lipinski definition) is 4. The van der Waals surface area contributed by atoms with Crippen LogP contribution in [-0.4, -0.2) is 30.9 Å². The average Bonchev–Trinajstić information content (AvgIpc) is 3.30. The van der Waals surface area contributed by atoms with Crippen molar-refractivity contribution in [1.29, 1.82) is 0 Å². The Kier molecular flexibility index (Phi) is 4.79. The van der Waals surface area contributed by atoms with E-state index in [1.54, 1.807) is 0 Å². The topological polar surface area (TPSA) is 89.2 Å². The van der Waals surface area contributed by atoms with E-state index < -0.39 is 52.8 Å². The third kappa shape index (κ3) is 3.70. The van der Waals surface area contributed by atoms with Gasteiger partial charge in [0.2, 0.25) is 0 Å². The Balaban J connectivity index is 1.65. The molecule has 2 aromatic heterocycles. The van der Waals surface area contributed by atoms with E-state index in [1.165, 1.54) is 0 Å². The molecule has 29 heavy (non-hydrogen) atoms. The quantitative estimate of drug-likeness (QED) is 0.572. The van der Waals surface area contributed by atoms with Crippen LogP contribution in [0.15, 0.2) is 15.6 Å². The van der Waals surface area contributed by atoms with Gasteiger partial charge in [-0.15, -0.1) is 4.36 Å². The Bertz CT molecular complexity index is 1090. The number of aryl methyl sites for hydroxylation is 1. The highest BCUT2D eigenvalue weighted by Crippen LogP contribution is 2.41. The molecule has 4 rings (SSSR count). The lowest BCUT2D eigenvalue weighted by Crippen LogP contribution is -2.16. The molecule has 0 spiro atoms. The summed E-state index contributed by atoms with van der Waals surface area (Å²) in [5.41, 5.74) is 1.78. The molecule has 1 N–H and O–H groups in total. The van der Waals surface area contributed by atoms with Crippen molar-refractivity contribution in [2.24, 2.45) is 4.36 Å². The average molecular weight is 435 g/mol. The van der Waals surface area contributed by atoms with E-state index in [4.69, 9.17) is 0 Å². The smallest absolute Gasteiger partial charge is 0.305 e. The van der Waals surface area contributed by atoms with Crippen LogP contribution < -0.4 is 5.32 Å². The first-order valence-corrected chi connectivity index (χ1v) is 9.80. The van der Waals surface area contributed by atoms with Crippen LogP contribution in [0.4, 0.5) is 32.4 Å². The minimum atomic E-state index is -3.15. The maximum Gasteiger partial charge on any atom is 0.353 e. The molecule has 0 bridgehead atoms. The van der Waals surface area contributed by atoms with Crippen molar-refractivity contribution in [3.8, 4) is 0 Å². The van der Waals surface area contributed by atoms with Gasteiger partial charge in [0, 0.05) is 17.7 Å². The number of halogens is 5. The fraction of sp³-hybridized carbons (Fsp3) is 0.438. The minimum Gasteiger partial charge on any atom is -0.305 e. The lowest BCUT2D eigenvalue weighted by atomic mass is 10.1. The van der Waals surface area contributed by atoms with Gasteiger partial charge < -0.3 is 5.32 Å². The van der Waals surface area contributed by atoms with E-state index in [2.05, 4.69) is 19.8 Å². The van der Waals surface area contributed by atoms with E-state index in [-0.39, 0.29) is 21.6 Å². The predicted octanol–water partition coefficient (Wildman–Crippen LogP) is 3.29. The normalized spacial score (nSPS) is 18.1. The van der Waals surface area contributed by atoms with Crippen molar-refractivity contribution in [2.75, 3.05) is 5.32 Å². The van der Waals surface area contributed by atoms with Gasteiger partial charge in [-0.2, -0.15) is 13.9 Å². The van der Waals surface area contributed by atoms with Crippen LogP contribution in [0, 0.1) is 5.82 Å². The zero-order chi connectivity index (χ0) is 20.9. The third-order valence-electron chi connectivity index (χ3n) is 4.74. The molecule has 0 saturated carbocycles. The van der Waals surface area contributed by atoms with E-state index in [1.807, 2.05) is 0 Å². The summed E-state index contributed by atoms with van der Waals surface area (Å²) in [5, 5.41) is 4.60. The lowest BCUT2D eigenvalue weighted by molar-refractivity contribution is 0.0126. The van der Waals surface area contributed by atoms with E-state index >= 15 is 0 Å². The Morgan fingerprint density at radius 2 is 2.00 bits per heavy atom. The lowest BCUT2D eigenvalue weighted by Gasteiger charge is -2.13. The number of nitrogens with zero attached hydrogens (tertiary/aromatic N) is 4. The summed E-state index contributed by atoms with van der Waals surface area (Å²) in [6.45, 7) is -3.15. The molecular weight excluding hydrogens is 421 g/mol. The molecule has 1 unspecified atom stereocenters. The summed E-state index contributed by atoms with van der Waals surface area (Å²) in [7, 11) is -3.11. The molecule has 7 nitrogen and oxygen atoms in total. The van der Waals surface area contributed by atoms with Crippen molar-refractivity contribution >= 4 is 22.3 Å². The number of thiol groups is 1. The molecule has 2 aromatic rings. The summed E-state index contributed by atoms with van der Waals surface area (Å²) in [6, 6.07) is -1.17. The molecule has 0 saturated heterocycles. The van der Waals surface area contributed by atoms with Gasteiger partial charge in [-0.1, -0.05) is 0 Å². The molecule has 13 heteroatoms. The Morgan fingerprint density at radius 1 is 1.24 bits per heavy atom. The first-order valence-electron chi connectivity index (χ1n) is 8.58. The van der Waals surface area contributed by atoms with Gasteiger partial charge in [0.15, 0.2) is 10.8 Å². The van der Waals surface area contributed by atoms with Gasteiger partial charge in [-0.05, 0) is 24.8 Å². The van der Waals surface area contributed by atoms with Gasteiger partial charge >= 0.3 is 12.6 Å². The molecule has 0 fully saturated rings. The molecule has 1 atom stereocenters. The summed E-state index contributed by atoms with van der Waals surface area (Å²) >= 11 is 0. The Labute approximate surface area is 162 Å². The fourth-order valence-electron chi connectivity index (χ4n) is 3.58. The van der Waals surface area contributed by atoms with Crippen molar-refractivity contribution in [3.05, 3.63) is 34.5 Å². The molecule has 2 aliphatic carbocycles. The summed E-state index contributed by atoms with van der Waals surface area (Å²) in [5.74, 6) is -4.29. The van der Waals surface area contributed by atoms with Gasteiger partial charge in [-0.3, -0.25) is 4.98 Å². The van der Waals surface area contributed by atoms with Crippen molar-refractivity contribution in [1.82, 2.24) is 14.8 Å². The van der Waals surface area contributed by atoms with Crippen LogP contribution in [0.2, 0.25) is 0 Å². The number of rotatable bonds is 3. The number of carbonyl (C=O) groups is 1. The first-order chi connectivity index (χ1) is 13.6. The maximum atomic E-state index is 13.8. The molecule has 2 aliphatic rings. The number of aromatic nitrogens is 3. The zero-order valence-corrected chi connectivity index (χ0v) is 15.5. The summed E-state index contributed by atoms with van der Waals surface area (Å²) in [6.07, 6.45) is 1.05. The largest absolute Gasteiger partial charge is 0.353 e. The molecular formula is C16H14F5N5O2S. The van der Waals surface area contributed by atoms with Gasteiger partial charge in [0.1, 0.15) is 0 Å². The van der Waals surface area contributed by atoms with Crippen molar-refractivity contribution in [2.45, 2.75) is 49.6 Å². The molecule has 156 valence electrons. The highest BCUT2D eigenvalue weighted by atomic mass is 32.2. The minimum absolute atomic E-state index is 0.0456. The van der Waals surface area contributed by atoms with Crippen LogP contribution in [0.1, 0.15) is 35.5 Å². The second-order valence-corrected chi connectivity index (χ2v) is 7.93. The van der Waals surface area contributed by atoms with Crippen LogP contribution in [-0.2, 0) is 36.3 Å².